The quantitative estimate of drug-likeness (QED) is 0.583. The molecule has 1 saturated heterocycles. The highest BCUT2D eigenvalue weighted by atomic mass is 16.6. The first-order valence-corrected chi connectivity index (χ1v) is 12.1. The van der Waals surface area contributed by atoms with Crippen molar-refractivity contribution in [2.75, 3.05) is 56.1 Å². The van der Waals surface area contributed by atoms with Gasteiger partial charge in [-0.15, -0.1) is 0 Å². The number of nitrogens with zero attached hydrogens (tertiary/aromatic N) is 3. The van der Waals surface area contributed by atoms with Gasteiger partial charge in [-0.05, 0) is 54.8 Å². The number of nitrogens with one attached hydrogen (secondary N) is 2. The van der Waals surface area contributed by atoms with E-state index in [4.69, 9.17) is 4.74 Å². The van der Waals surface area contributed by atoms with E-state index in [1.54, 1.807) is 4.90 Å². The molecule has 0 unspecified atom stereocenters. The maximum Gasteiger partial charge on any atom is 0.409 e. The zero-order valence-electron chi connectivity index (χ0n) is 19.8. The van der Waals surface area contributed by atoms with E-state index < -0.39 is 0 Å². The molecule has 8 nitrogen and oxygen atoms in total. The third-order valence-corrected chi connectivity index (χ3v) is 6.05. The van der Waals surface area contributed by atoms with Crippen molar-refractivity contribution in [1.29, 1.82) is 0 Å². The van der Waals surface area contributed by atoms with Gasteiger partial charge in [0.05, 0.1) is 13.2 Å². The normalized spacial score (nSPS) is 15.5. The molecular formula is C26H33N5O3. The van der Waals surface area contributed by atoms with Crippen LogP contribution in [0.4, 0.5) is 16.2 Å². The van der Waals surface area contributed by atoms with Gasteiger partial charge in [-0.1, -0.05) is 19.1 Å². The van der Waals surface area contributed by atoms with Crippen molar-refractivity contribution in [2.24, 2.45) is 4.99 Å². The van der Waals surface area contributed by atoms with Gasteiger partial charge in [-0.2, -0.15) is 0 Å². The summed E-state index contributed by atoms with van der Waals surface area (Å²) in [6.07, 6.45) is 1.78. The first kappa shape index (κ1) is 23.6. The van der Waals surface area contributed by atoms with Crippen LogP contribution in [0, 0.1) is 0 Å². The Morgan fingerprint density at radius 2 is 1.76 bits per heavy atom. The number of aliphatic imine (C=N–C) groups is 1. The van der Waals surface area contributed by atoms with E-state index in [0.717, 1.165) is 61.1 Å². The van der Waals surface area contributed by atoms with E-state index in [2.05, 4.69) is 20.5 Å². The number of Topliss-reactive ketones (excluding diaryl/α,β-unsaturated/α-hetero) is 1. The molecule has 0 atom stereocenters. The molecule has 1 fully saturated rings. The molecule has 2 aliphatic rings. The average molecular weight is 464 g/mol. The zero-order valence-corrected chi connectivity index (χ0v) is 19.8. The Labute approximate surface area is 201 Å². The number of amides is 1. The largest absolute Gasteiger partial charge is 0.449 e. The number of benzene rings is 2. The monoisotopic (exact) mass is 463 g/mol. The molecule has 180 valence electrons. The van der Waals surface area contributed by atoms with Gasteiger partial charge in [-0.25, -0.2) is 4.79 Å². The maximum absolute atomic E-state index is 12.7. The summed E-state index contributed by atoms with van der Waals surface area (Å²) in [7, 11) is 0. The van der Waals surface area contributed by atoms with Gasteiger partial charge < -0.3 is 25.2 Å². The molecule has 2 heterocycles. The van der Waals surface area contributed by atoms with Gasteiger partial charge >= 0.3 is 6.09 Å². The summed E-state index contributed by atoms with van der Waals surface area (Å²) in [5.41, 5.74) is 3.92. The standard InChI is InChI=1S/C26H33N5O3/c1-2-19-34-26(33)31-17-15-30(16-18-31)23-10-6-21(7-11-23)24(32)12-5-20-3-8-22(9-4-20)29-25-27-13-14-28-25/h3-4,6-11H,2,5,12-19H2,1H3,(H2,27,28,29). The summed E-state index contributed by atoms with van der Waals surface area (Å²) >= 11 is 0. The van der Waals surface area contributed by atoms with E-state index in [1.807, 2.05) is 55.5 Å². The number of carbonyl (C=O) groups excluding carboxylic acids is 2. The number of guanidine groups is 1. The first-order chi connectivity index (χ1) is 16.6. The Kier molecular flexibility index (Phi) is 8.01. The number of rotatable bonds is 8. The molecule has 1 amide bonds. The molecular weight excluding hydrogens is 430 g/mol. The summed E-state index contributed by atoms with van der Waals surface area (Å²) in [6, 6.07) is 15.9. The third-order valence-electron chi connectivity index (χ3n) is 6.05. The Morgan fingerprint density at radius 1 is 1.03 bits per heavy atom. The smallest absolute Gasteiger partial charge is 0.409 e. The topological polar surface area (TPSA) is 86.3 Å². The van der Waals surface area contributed by atoms with Gasteiger partial charge in [0, 0.05) is 56.1 Å². The van der Waals surface area contributed by atoms with E-state index in [-0.39, 0.29) is 11.9 Å². The van der Waals surface area contributed by atoms with E-state index in [1.165, 1.54) is 0 Å². The molecule has 34 heavy (non-hydrogen) atoms. The second-order valence-electron chi connectivity index (χ2n) is 8.54. The van der Waals surface area contributed by atoms with E-state index in [9.17, 15) is 9.59 Å². The van der Waals surface area contributed by atoms with Gasteiger partial charge in [0.25, 0.3) is 0 Å². The fourth-order valence-corrected chi connectivity index (χ4v) is 4.06. The van der Waals surface area contributed by atoms with Crippen LogP contribution in [0.25, 0.3) is 0 Å². The molecule has 8 heteroatoms. The second-order valence-corrected chi connectivity index (χ2v) is 8.54. The predicted molar refractivity (Wildman–Crippen MR) is 135 cm³/mol. The van der Waals surface area contributed by atoms with Crippen molar-refractivity contribution in [1.82, 2.24) is 10.2 Å². The Morgan fingerprint density at radius 3 is 2.41 bits per heavy atom. The molecule has 2 N–H and O–H groups in total. The molecule has 4 rings (SSSR count). The summed E-state index contributed by atoms with van der Waals surface area (Å²) < 4.78 is 5.22. The van der Waals surface area contributed by atoms with Gasteiger partial charge in [0.1, 0.15) is 0 Å². The number of hydrogen-bond acceptors (Lipinski definition) is 7. The van der Waals surface area contributed by atoms with E-state index in [0.29, 0.717) is 32.5 Å². The molecule has 2 aromatic rings. The molecule has 2 aliphatic heterocycles. The second kappa shape index (κ2) is 11.5. The SMILES string of the molecule is CCCOC(=O)N1CCN(c2ccc(C(=O)CCc3ccc(NC4=NCCN4)cc3)cc2)CC1. The molecule has 0 aromatic heterocycles. The van der Waals surface area contributed by atoms with Crippen LogP contribution in [-0.4, -0.2) is 68.6 Å². The fraction of sp³-hybridized carbons (Fsp3) is 0.423. The zero-order chi connectivity index (χ0) is 23.8. The number of anilines is 2. The van der Waals surface area contributed by atoms with Crippen molar-refractivity contribution in [3.8, 4) is 0 Å². The van der Waals surface area contributed by atoms with Crippen LogP contribution in [0.15, 0.2) is 53.5 Å². The third kappa shape index (κ3) is 6.27. The maximum atomic E-state index is 12.7. The molecule has 0 radical (unpaired) electrons. The van der Waals surface area contributed by atoms with Crippen molar-refractivity contribution >= 4 is 29.2 Å². The summed E-state index contributed by atoms with van der Waals surface area (Å²) in [5, 5.41) is 6.44. The Bertz CT molecular complexity index is 996. The summed E-state index contributed by atoms with van der Waals surface area (Å²) in [6.45, 7) is 6.91. The van der Waals surface area contributed by atoms with E-state index >= 15 is 0 Å². The first-order valence-electron chi connectivity index (χ1n) is 12.1. The minimum Gasteiger partial charge on any atom is -0.449 e. The van der Waals surface area contributed by atoms with Crippen LogP contribution in [0.3, 0.4) is 0 Å². The lowest BCUT2D eigenvalue weighted by Crippen LogP contribution is -2.49. The van der Waals surface area contributed by atoms with Crippen LogP contribution in [0.5, 0.6) is 0 Å². The number of ether oxygens (including phenoxy) is 1. The predicted octanol–water partition coefficient (Wildman–Crippen LogP) is 3.54. The van der Waals surface area contributed by atoms with Gasteiger partial charge in [0.15, 0.2) is 11.7 Å². The molecule has 0 bridgehead atoms. The van der Waals surface area contributed by atoms with Crippen LogP contribution in [-0.2, 0) is 11.2 Å². The number of carbonyl (C=O) groups is 2. The highest BCUT2D eigenvalue weighted by Gasteiger charge is 2.22. The average Bonchev–Trinajstić information content (AvgIpc) is 3.40. The van der Waals surface area contributed by atoms with Crippen molar-refractivity contribution < 1.29 is 14.3 Å². The molecule has 0 saturated carbocycles. The van der Waals surface area contributed by atoms with Crippen molar-refractivity contribution in [3.05, 3.63) is 59.7 Å². The highest BCUT2D eigenvalue weighted by Crippen LogP contribution is 2.19. The lowest BCUT2D eigenvalue weighted by atomic mass is 10.0. The highest BCUT2D eigenvalue weighted by molar-refractivity contribution is 5.96. The Balaban J connectivity index is 1.23. The van der Waals surface area contributed by atoms with Crippen molar-refractivity contribution in [2.45, 2.75) is 26.2 Å². The number of piperazine rings is 1. The number of aryl methyl sites for hydroxylation is 1. The molecule has 0 aliphatic carbocycles. The Hall–Kier alpha value is -3.55. The van der Waals surface area contributed by atoms with Crippen LogP contribution < -0.4 is 15.5 Å². The lowest BCUT2D eigenvalue weighted by molar-refractivity contribution is 0.0979. The summed E-state index contributed by atoms with van der Waals surface area (Å²) in [5.74, 6) is 0.949. The lowest BCUT2D eigenvalue weighted by Gasteiger charge is -2.35. The van der Waals surface area contributed by atoms with Crippen molar-refractivity contribution in [3.63, 3.8) is 0 Å². The minimum atomic E-state index is -0.228. The van der Waals surface area contributed by atoms with Gasteiger partial charge in [-0.3, -0.25) is 9.79 Å². The fourth-order valence-electron chi connectivity index (χ4n) is 4.06. The van der Waals surface area contributed by atoms with Crippen LogP contribution in [0.1, 0.15) is 35.7 Å². The molecule has 0 spiro atoms. The van der Waals surface area contributed by atoms with Crippen LogP contribution >= 0.6 is 0 Å². The van der Waals surface area contributed by atoms with Gasteiger partial charge in [0.2, 0.25) is 0 Å². The minimum absolute atomic E-state index is 0.141. The number of hydrogen-bond donors (Lipinski definition) is 2. The van der Waals surface area contributed by atoms with Crippen LogP contribution in [0.2, 0.25) is 0 Å². The number of ketones is 1. The summed E-state index contributed by atoms with van der Waals surface area (Å²) in [4.78, 5) is 33.0. The molecule has 2 aromatic carbocycles.